The Hall–Kier alpha value is -0.520. The molecule has 1 rings (SSSR count). The molecule has 0 aromatic rings. The highest BCUT2D eigenvalue weighted by Gasteiger charge is 2.33. The summed E-state index contributed by atoms with van der Waals surface area (Å²) in [5, 5.41) is 0. The molecule has 0 amide bonds. The standard InChI is InChI=1S/C15H25/c1-6-12-10-13(7-2)14(8-3)15(5,9-4)11-12/h10-11,14H,5-9H2,1-4H3. The van der Waals surface area contributed by atoms with Gasteiger partial charge in [0, 0.05) is 0 Å². The maximum atomic E-state index is 4.48. The summed E-state index contributed by atoms with van der Waals surface area (Å²) in [6.45, 7) is 13.5. The first-order valence-corrected chi connectivity index (χ1v) is 6.38. The van der Waals surface area contributed by atoms with Crippen LogP contribution in [0.2, 0.25) is 0 Å². The Bertz CT molecular complexity index is 270. The van der Waals surface area contributed by atoms with E-state index in [1.807, 2.05) is 0 Å². The predicted molar refractivity (Wildman–Crippen MR) is 68.6 cm³/mol. The van der Waals surface area contributed by atoms with Gasteiger partial charge in [-0.05, 0) is 43.9 Å². The van der Waals surface area contributed by atoms with E-state index in [1.54, 1.807) is 5.57 Å². The van der Waals surface area contributed by atoms with Gasteiger partial charge in [-0.2, -0.15) is 0 Å². The van der Waals surface area contributed by atoms with Gasteiger partial charge in [-0.15, -0.1) is 0 Å². The molecule has 0 saturated heterocycles. The number of rotatable bonds is 4. The first-order chi connectivity index (χ1) is 7.11. The van der Waals surface area contributed by atoms with Crippen molar-refractivity contribution in [2.75, 3.05) is 0 Å². The molecule has 1 aliphatic carbocycles. The van der Waals surface area contributed by atoms with Crippen molar-refractivity contribution in [3.63, 3.8) is 0 Å². The van der Waals surface area contributed by atoms with E-state index in [1.165, 1.54) is 18.4 Å². The minimum atomic E-state index is 0.153. The zero-order chi connectivity index (χ0) is 11.5. The summed E-state index contributed by atoms with van der Waals surface area (Å²) < 4.78 is 0. The third-order valence-electron chi connectivity index (χ3n) is 3.87. The Morgan fingerprint density at radius 3 is 2.27 bits per heavy atom. The quantitative estimate of drug-likeness (QED) is 0.610. The first-order valence-electron chi connectivity index (χ1n) is 6.38. The Labute approximate surface area is 95.5 Å². The normalized spacial score (nSPS) is 31.1. The van der Waals surface area contributed by atoms with E-state index in [0.717, 1.165) is 12.8 Å². The number of hydrogen-bond donors (Lipinski definition) is 0. The Morgan fingerprint density at radius 2 is 1.87 bits per heavy atom. The van der Waals surface area contributed by atoms with E-state index in [-0.39, 0.29) is 5.41 Å². The molecule has 0 heterocycles. The van der Waals surface area contributed by atoms with Crippen LogP contribution in [0.4, 0.5) is 0 Å². The largest absolute Gasteiger partial charge is 0.0745 e. The first kappa shape index (κ1) is 12.5. The number of hydrogen-bond acceptors (Lipinski definition) is 0. The average molecular weight is 205 g/mol. The van der Waals surface area contributed by atoms with Crippen molar-refractivity contribution in [1.82, 2.24) is 0 Å². The van der Waals surface area contributed by atoms with Gasteiger partial charge in [0.25, 0.3) is 0 Å². The van der Waals surface area contributed by atoms with Gasteiger partial charge >= 0.3 is 0 Å². The van der Waals surface area contributed by atoms with Gasteiger partial charge < -0.3 is 0 Å². The fourth-order valence-corrected chi connectivity index (χ4v) is 2.79. The maximum absolute atomic E-state index is 4.48. The fourth-order valence-electron chi connectivity index (χ4n) is 2.79. The third-order valence-corrected chi connectivity index (χ3v) is 3.87. The van der Waals surface area contributed by atoms with Gasteiger partial charge in [-0.1, -0.05) is 51.0 Å². The van der Waals surface area contributed by atoms with E-state index in [9.17, 15) is 0 Å². The molecule has 0 bridgehead atoms. The molecular weight excluding hydrogens is 180 g/mol. The van der Waals surface area contributed by atoms with E-state index in [4.69, 9.17) is 0 Å². The highest BCUT2D eigenvalue weighted by molar-refractivity contribution is 5.35. The molecule has 0 aliphatic heterocycles. The van der Waals surface area contributed by atoms with Crippen LogP contribution in [0.1, 0.15) is 53.4 Å². The summed E-state index contributed by atoms with van der Waals surface area (Å²) in [4.78, 5) is 0. The predicted octanol–water partition coefficient (Wildman–Crippen LogP) is 4.93. The van der Waals surface area contributed by atoms with Crippen molar-refractivity contribution < 1.29 is 0 Å². The molecule has 85 valence electrons. The van der Waals surface area contributed by atoms with Gasteiger partial charge in [-0.25, -0.2) is 0 Å². The van der Waals surface area contributed by atoms with Crippen molar-refractivity contribution in [3.05, 3.63) is 30.2 Å². The minimum absolute atomic E-state index is 0.153. The van der Waals surface area contributed by atoms with Gasteiger partial charge in [0.05, 0.1) is 0 Å². The Morgan fingerprint density at radius 1 is 1.20 bits per heavy atom. The van der Waals surface area contributed by atoms with Crippen LogP contribution in [0.25, 0.3) is 0 Å². The molecule has 2 atom stereocenters. The summed E-state index contributed by atoms with van der Waals surface area (Å²) in [7, 11) is 0. The van der Waals surface area contributed by atoms with Crippen molar-refractivity contribution in [1.29, 1.82) is 0 Å². The van der Waals surface area contributed by atoms with Crippen molar-refractivity contribution in [2.45, 2.75) is 53.4 Å². The van der Waals surface area contributed by atoms with Crippen LogP contribution in [-0.2, 0) is 0 Å². The van der Waals surface area contributed by atoms with Crippen LogP contribution in [0.5, 0.6) is 0 Å². The van der Waals surface area contributed by atoms with Gasteiger partial charge in [0.15, 0.2) is 0 Å². The Balaban J connectivity index is 3.08. The van der Waals surface area contributed by atoms with E-state index in [0.29, 0.717) is 5.92 Å². The molecular formula is C15H25. The smallest absolute Gasteiger partial charge is 0.00493 e. The molecule has 0 saturated carbocycles. The molecule has 1 aliphatic rings. The van der Waals surface area contributed by atoms with Crippen molar-refractivity contribution >= 4 is 0 Å². The highest BCUT2D eigenvalue weighted by Crippen LogP contribution is 2.44. The van der Waals surface area contributed by atoms with Crippen LogP contribution in [0.15, 0.2) is 23.3 Å². The molecule has 0 aromatic heterocycles. The van der Waals surface area contributed by atoms with Crippen LogP contribution >= 0.6 is 0 Å². The lowest BCUT2D eigenvalue weighted by atomic mass is 9.65. The van der Waals surface area contributed by atoms with Crippen LogP contribution in [0, 0.1) is 18.3 Å². The maximum Gasteiger partial charge on any atom is -0.00493 e. The second-order valence-electron chi connectivity index (χ2n) is 4.69. The minimum Gasteiger partial charge on any atom is -0.0745 e. The SMILES string of the molecule is [CH2]C1(CC)C=C(CC)C=C(CC)C1CC. The summed E-state index contributed by atoms with van der Waals surface area (Å²) in [6, 6.07) is 0. The average Bonchev–Trinajstić information content (AvgIpc) is 2.27. The fraction of sp³-hybridized carbons (Fsp3) is 0.667. The van der Waals surface area contributed by atoms with Crippen LogP contribution < -0.4 is 0 Å². The third kappa shape index (κ3) is 2.35. The molecule has 0 N–H and O–H groups in total. The van der Waals surface area contributed by atoms with Crippen LogP contribution in [0.3, 0.4) is 0 Å². The molecule has 0 heteroatoms. The molecule has 0 nitrogen and oxygen atoms in total. The summed E-state index contributed by atoms with van der Waals surface area (Å²) in [6.07, 6.45) is 9.49. The molecule has 0 fully saturated rings. The zero-order valence-electron chi connectivity index (χ0n) is 10.8. The molecule has 0 aromatic carbocycles. The monoisotopic (exact) mass is 205 g/mol. The van der Waals surface area contributed by atoms with E-state index >= 15 is 0 Å². The van der Waals surface area contributed by atoms with Gasteiger partial charge in [0.1, 0.15) is 0 Å². The molecule has 0 spiro atoms. The number of allylic oxidation sites excluding steroid dienone is 4. The summed E-state index contributed by atoms with van der Waals surface area (Å²) in [5.74, 6) is 0.655. The topological polar surface area (TPSA) is 0 Å². The lowest BCUT2D eigenvalue weighted by Crippen LogP contribution is -2.29. The molecule has 15 heavy (non-hydrogen) atoms. The molecule has 2 unspecified atom stereocenters. The second kappa shape index (κ2) is 5.01. The summed E-state index contributed by atoms with van der Waals surface area (Å²) in [5.41, 5.74) is 3.24. The van der Waals surface area contributed by atoms with Crippen molar-refractivity contribution in [3.8, 4) is 0 Å². The van der Waals surface area contributed by atoms with Gasteiger partial charge in [-0.3, -0.25) is 0 Å². The second-order valence-corrected chi connectivity index (χ2v) is 4.69. The van der Waals surface area contributed by atoms with Crippen LogP contribution in [-0.4, -0.2) is 0 Å². The van der Waals surface area contributed by atoms with E-state index in [2.05, 4.69) is 46.8 Å². The lowest BCUT2D eigenvalue weighted by Gasteiger charge is -2.39. The highest BCUT2D eigenvalue weighted by atomic mass is 14.4. The van der Waals surface area contributed by atoms with Gasteiger partial charge in [0.2, 0.25) is 0 Å². The lowest BCUT2D eigenvalue weighted by molar-refractivity contribution is 0.304. The molecule has 1 radical (unpaired) electrons. The van der Waals surface area contributed by atoms with Crippen molar-refractivity contribution in [2.24, 2.45) is 11.3 Å². The zero-order valence-corrected chi connectivity index (χ0v) is 10.8. The summed E-state index contributed by atoms with van der Waals surface area (Å²) >= 11 is 0. The Kier molecular flexibility index (Phi) is 4.19. The van der Waals surface area contributed by atoms with E-state index < -0.39 is 0 Å².